The maximum absolute atomic E-state index is 11.4. The highest BCUT2D eigenvalue weighted by molar-refractivity contribution is 5.94. The summed E-state index contributed by atoms with van der Waals surface area (Å²) in [6, 6.07) is 1.86. The fraction of sp³-hybridized carbons (Fsp3) is 0.556. The molecule has 4 nitrogen and oxygen atoms in total. The molecule has 13 heavy (non-hydrogen) atoms. The highest BCUT2D eigenvalue weighted by Crippen LogP contribution is 2.18. The van der Waals surface area contributed by atoms with Gasteiger partial charge in [0.15, 0.2) is 0 Å². The van der Waals surface area contributed by atoms with E-state index in [0.29, 0.717) is 17.9 Å². The predicted molar refractivity (Wildman–Crippen MR) is 46.5 cm³/mol. The molecule has 1 amide bonds. The Morgan fingerprint density at radius 2 is 2.54 bits per heavy atom. The van der Waals surface area contributed by atoms with E-state index >= 15 is 0 Å². The first kappa shape index (κ1) is 9.59. The van der Waals surface area contributed by atoms with Crippen molar-refractivity contribution in [2.45, 2.75) is 19.8 Å². The molecule has 4 heteroatoms. The predicted octanol–water partition coefficient (Wildman–Crippen LogP) is 0.711. The van der Waals surface area contributed by atoms with Gasteiger partial charge in [-0.05, 0) is 19.8 Å². The summed E-state index contributed by atoms with van der Waals surface area (Å²) in [5.41, 5.74) is 0.668. The van der Waals surface area contributed by atoms with Crippen LogP contribution < -0.4 is 5.32 Å². The number of ether oxygens (including phenoxy) is 1. The first-order valence-electron chi connectivity index (χ1n) is 4.23. The Morgan fingerprint density at radius 1 is 1.77 bits per heavy atom. The molecule has 0 aromatic heterocycles. The summed E-state index contributed by atoms with van der Waals surface area (Å²) in [6.45, 7) is 2.51. The number of allylic oxidation sites excluding steroid dienone is 1. The minimum Gasteiger partial charge on any atom is -0.498 e. The Bertz CT molecular complexity index is 276. The molecule has 1 aliphatic heterocycles. The van der Waals surface area contributed by atoms with Crippen LogP contribution in [-0.4, -0.2) is 19.1 Å². The van der Waals surface area contributed by atoms with Crippen molar-refractivity contribution in [2.24, 2.45) is 0 Å². The summed E-state index contributed by atoms with van der Waals surface area (Å²) in [5, 5.41) is 10.8. The molecule has 1 N–H and O–H groups in total. The topological polar surface area (TPSA) is 62.1 Å². The van der Waals surface area contributed by atoms with Crippen LogP contribution in [0.2, 0.25) is 0 Å². The largest absolute Gasteiger partial charge is 0.498 e. The standard InChI is InChI=1S/C9H12N2O2/c1-7-8(3-2-6-13-7)9(12)11-5-4-10/h2-3,5-6H2,1H3,(H,11,12). The summed E-state index contributed by atoms with van der Waals surface area (Å²) in [7, 11) is 0. The number of nitrogens with zero attached hydrogens (tertiary/aromatic N) is 1. The fourth-order valence-corrected chi connectivity index (χ4v) is 1.24. The number of nitrogens with one attached hydrogen (secondary N) is 1. The van der Waals surface area contributed by atoms with Crippen molar-refractivity contribution >= 4 is 5.91 Å². The Hall–Kier alpha value is -1.50. The van der Waals surface area contributed by atoms with E-state index < -0.39 is 0 Å². The van der Waals surface area contributed by atoms with Gasteiger partial charge in [0.1, 0.15) is 12.3 Å². The van der Waals surface area contributed by atoms with Crippen LogP contribution in [0, 0.1) is 11.3 Å². The minimum atomic E-state index is -0.182. The average molecular weight is 180 g/mol. The lowest BCUT2D eigenvalue weighted by atomic mass is 10.1. The van der Waals surface area contributed by atoms with E-state index in [1.165, 1.54) is 0 Å². The number of carbonyl (C=O) groups excluding carboxylic acids is 1. The quantitative estimate of drug-likeness (QED) is 0.636. The first-order valence-corrected chi connectivity index (χ1v) is 4.23. The molecular formula is C9H12N2O2. The van der Waals surface area contributed by atoms with Gasteiger partial charge < -0.3 is 10.1 Å². The number of hydrogen-bond donors (Lipinski definition) is 1. The summed E-state index contributed by atoms with van der Waals surface area (Å²) < 4.78 is 5.23. The van der Waals surface area contributed by atoms with Crippen LogP contribution in [0.3, 0.4) is 0 Å². The fourth-order valence-electron chi connectivity index (χ4n) is 1.24. The molecule has 0 unspecified atom stereocenters. The first-order chi connectivity index (χ1) is 6.25. The zero-order chi connectivity index (χ0) is 9.68. The van der Waals surface area contributed by atoms with Crippen molar-refractivity contribution in [2.75, 3.05) is 13.2 Å². The van der Waals surface area contributed by atoms with Gasteiger partial charge in [-0.1, -0.05) is 0 Å². The SMILES string of the molecule is CC1=C(C(=O)NCC#N)CCCO1. The molecule has 0 saturated heterocycles. The second-order valence-corrected chi connectivity index (χ2v) is 2.83. The lowest BCUT2D eigenvalue weighted by molar-refractivity contribution is -0.117. The van der Waals surface area contributed by atoms with Gasteiger partial charge in [-0.25, -0.2) is 0 Å². The van der Waals surface area contributed by atoms with Gasteiger partial charge in [0, 0.05) is 0 Å². The third kappa shape index (κ3) is 2.48. The lowest BCUT2D eigenvalue weighted by Crippen LogP contribution is -2.27. The summed E-state index contributed by atoms with van der Waals surface area (Å²) in [4.78, 5) is 11.4. The molecule has 1 heterocycles. The van der Waals surface area contributed by atoms with Crippen molar-refractivity contribution in [3.8, 4) is 6.07 Å². The third-order valence-corrected chi connectivity index (χ3v) is 1.92. The number of carbonyl (C=O) groups is 1. The number of nitriles is 1. The van der Waals surface area contributed by atoms with Crippen LogP contribution in [0.15, 0.2) is 11.3 Å². The molecule has 0 radical (unpaired) electrons. The van der Waals surface area contributed by atoms with Crippen molar-refractivity contribution in [1.29, 1.82) is 5.26 Å². The Labute approximate surface area is 77.2 Å². The summed E-state index contributed by atoms with van der Waals surface area (Å²) in [5.74, 6) is 0.500. The highest BCUT2D eigenvalue weighted by atomic mass is 16.5. The van der Waals surface area contributed by atoms with E-state index in [0.717, 1.165) is 12.8 Å². The van der Waals surface area contributed by atoms with Gasteiger partial charge in [0.2, 0.25) is 0 Å². The molecule has 1 rings (SSSR count). The maximum atomic E-state index is 11.4. The van der Waals surface area contributed by atoms with E-state index in [1.54, 1.807) is 6.92 Å². The van der Waals surface area contributed by atoms with E-state index in [2.05, 4.69) is 5.32 Å². The van der Waals surface area contributed by atoms with Crippen LogP contribution in [0.5, 0.6) is 0 Å². The molecule has 0 saturated carbocycles. The Balaban J connectivity index is 2.59. The molecule has 0 aromatic rings. The molecule has 70 valence electrons. The molecular weight excluding hydrogens is 168 g/mol. The van der Waals surface area contributed by atoms with Crippen LogP contribution in [0.1, 0.15) is 19.8 Å². The Morgan fingerprint density at radius 3 is 3.15 bits per heavy atom. The van der Waals surface area contributed by atoms with Crippen LogP contribution in [0.4, 0.5) is 0 Å². The summed E-state index contributed by atoms with van der Waals surface area (Å²) >= 11 is 0. The van der Waals surface area contributed by atoms with Gasteiger partial charge in [-0.3, -0.25) is 4.79 Å². The van der Waals surface area contributed by atoms with E-state index in [9.17, 15) is 4.79 Å². The van der Waals surface area contributed by atoms with Crippen molar-refractivity contribution < 1.29 is 9.53 Å². The summed E-state index contributed by atoms with van der Waals surface area (Å²) in [6.07, 6.45) is 1.61. The maximum Gasteiger partial charge on any atom is 0.251 e. The second-order valence-electron chi connectivity index (χ2n) is 2.83. The zero-order valence-electron chi connectivity index (χ0n) is 7.59. The average Bonchev–Trinajstić information content (AvgIpc) is 2.15. The molecule has 0 atom stereocenters. The molecule has 0 aromatic carbocycles. The van der Waals surface area contributed by atoms with E-state index in [-0.39, 0.29) is 12.5 Å². The molecule has 0 spiro atoms. The van der Waals surface area contributed by atoms with Crippen LogP contribution in [-0.2, 0) is 9.53 Å². The van der Waals surface area contributed by atoms with Crippen molar-refractivity contribution in [1.82, 2.24) is 5.32 Å². The van der Waals surface area contributed by atoms with Gasteiger partial charge in [-0.2, -0.15) is 5.26 Å². The van der Waals surface area contributed by atoms with Gasteiger partial charge in [-0.15, -0.1) is 0 Å². The molecule has 0 fully saturated rings. The second kappa shape index (κ2) is 4.51. The molecule has 0 bridgehead atoms. The van der Waals surface area contributed by atoms with Gasteiger partial charge >= 0.3 is 0 Å². The minimum absolute atomic E-state index is 0.0512. The van der Waals surface area contributed by atoms with Gasteiger partial charge in [0.05, 0.1) is 18.2 Å². The lowest BCUT2D eigenvalue weighted by Gasteiger charge is -2.17. The zero-order valence-corrected chi connectivity index (χ0v) is 7.59. The van der Waals surface area contributed by atoms with Gasteiger partial charge in [0.25, 0.3) is 5.91 Å². The number of rotatable bonds is 2. The van der Waals surface area contributed by atoms with Crippen molar-refractivity contribution in [3.05, 3.63) is 11.3 Å². The van der Waals surface area contributed by atoms with Crippen LogP contribution in [0.25, 0.3) is 0 Å². The molecule has 0 aliphatic carbocycles. The third-order valence-electron chi connectivity index (χ3n) is 1.92. The number of hydrogen-bond acceptors (Lipinski definition) is 3. The van der Waals surface area contributed by atoms with E-state index in [1.807, 2.05) is 6.07 Å². The number of amides is 1. The monoisotopic (exact) mass is 180 g/mol. The normalized spacial score (nSPS) is 16.0. The smallest absolute Gasteiger partial charge is 0.251 e. The van der Waals surface area contributed by atoms with Crippen molar-refractivity contribution in [3.63, 3.8) is 0 Å². The highest BCUT2D eigenvalue weighted by Gasteiger charge is 2.16. The van der Waals surface area contributed by atoms with Crippen LogP contribution >= 0.6 is 0 Å². The Kier molecular flexibility index (Phi) is 3.32. The molecule has 1 aliphatic rings. The van der Waals surface area contributed by atoms with E-state index in [4.69, 9.17) is 10.00 Å².